The third-order valence-corrected chi connectivity index (χ3v) is 3.13. The second-order valence-corrected chi connectivity index (χ2v) is 5.25. The number of carbonyl (C=O) groups excluding carboxylic acids is 1. The summed E-state index contributed by atoms with van der Waals surface area (Å²) in [5, 5.41) is 11.0. The van der Waals surface area contributed by atoms with Gasteiger partial charge in [-0.25, -0.2) is 0 Å². The second-order valence-electron chi connectivity index (χ2n) is 4.33. The summed E-state index contributed by atoms with van der Waals surface area (Å²) in [6, 6.07) is 3.18. The Morgan fingerprint density at radius 3 is 2.70 bits per heavy atom. The zero-order valence-corrected chi connectivity index (χ0v) is 12.6. The number of nitrogens with one attached hydrogen (secondary N) is 1. The number of carbonyl (C=O) groups is 2. The molecule has 0 aliphatic rings. The molecule has 1 aromatic heterocycles. The van der Waals surface area contributed by atoms with Crippen LogP contribution in [0.3, 0.4) is 0 Å². The summed E-state index contributed by atoms with van der Waals surface area (Å²) < 4.78 is 2.43. The van der Waals surface area contributed by atoms with Crippen molar-refractivity contribution in [2.24, 2.45) is 0 Å². The number of halogens is 1. The molecule has 1 amide bonds. The molecule has 110 valence electrons. The van der Waals surface area contributed by atoms with Gasteiger partial charge in [-0.2, -0.15) is 0 Å². The molecule has 0 unspecified atom stereocenters. The molecular weight excluding hydrogens is 328 g/mol. The fourth-order valence-corrected chi connectivity index (χ4v) is 2.02. The lowest BCUT2D eigenvalue weighted by atomic mass is 10.2. The van der Waals surface area contributed by atoms with Gasteiger partial charge in [-0.3, -0.25) is 14.4 Å². The van der Waals surface area contributed by atoms with E-state index in [0.29, 0.717) is 25.8 Å². The monoisotopic (exact) mass is 344 g/mol. The summed E-state index contributed by atoms with van der Waals surface area (Å²) in [7, 11) is 0. The van der Waals surface area contributed by atoms with Gasteiger partial charge in [0.25, 0.3) is 5.56 Å². The third-order valence-electron chi connectivity index (χ3n) is 2.66. The van der Waals surface area contributed by atoms with Crippen molar-refractivity contribution in [2.45, 2.75) is 32.2 Å². The Balaban J connectivity index is 2.21. The molecule has 1 aromatic rings. The molecule has 20 heavy (non-hydrogen) atoms. The highest BCUT2D eigenvalue weighted by Gasteiger charge is 2.03. The number of aromatic nitrogens is 1. The molecule has 0 atom stereocenters. The van der Waals surface area contributed by atoms with Gasteiger partial charge in [-0.15, -0.1) is 0 Å². The maximum Gasteiger partial charge on any atom is 0.305 e. The fraction of sp³-hybridized carbons (Fsp3) is 0.462. The van der Waals surface area contributed by atoms with Crippen LogP contribution in [0.25, 0.3) is 0 Å². The number of amides is 1. The van der Waals surface area contributed by atoms with Gasteiger partial charge in [-0.05, 0) is 34.8 Å². The molecule has 7 heteroatoms. The maximum absolute atomic E-state index is 11.5. The van der Waals surface area contributed by atoms with Gasteiger partial charge in [0.2, 0.25) is 5.91 Å². The van der Waals surface area contributed by atoms with Gasteiger partial charge in [0.15, 0.2) is 0 Å². The number of pyridine rings is 1. The highest BCUT2D eigenvalue weighted by molar-refractivity contribution is 9.10. The number of carboxylic acids is 1. The highest BCUT2D eigenvalue weighted by Crippen LogP contribution is 2.06. The van der Waals surface area contributed by atoms with Crippen molar-refractivity contribution in [2.75, 3.05) is 6.54 Å². The highest BCUT2D eigenvalue weighted by atomic mass is 79.9. The number of nitrogens with zero attached hydrogens (tertiary/aromatic N) is 1. The van der Waals surface area contributed by atoms with E-state index in [2.05, 4.69) is 21.2 Å². The Hall–Kier alpha value is -1.63. The quantitative estimate of drug-likeness (QED) is 0.697. The SMILES string of the molecule is O=C(O)CCNC(=O)CCCCn1cc(Br)ccc1=O. The van der Waals surface area contributed by atoms with Crippen LogP contribution in [-0.4, -0.2) is 28.1 Å². The number of hydrogen-bond donors (Lipinski definition) is 2. The van der Waals surface area contributed by atoms with Crippen molar-refractivity contribution in [1.29, 1.82) is 0 Å². The summed E-state index contributed by atoms with van der Waals surface area (Å²) in [5.41, 5.74) is -0.0703. The van der Waals surface area contributed by atoms with Gasteiger partial charge < -0.3 is 15.0 Å². The molecule has 0 saturated heterocycles. The predicted octanol–water partition coefficient (Wildman–Crippen LogP) is 1.37. The minimum atomic E-state index is -0.931. The molecule has 1 heterocycles. The van der Waals surface area contributed by atoms with E-state index >= 15 is 0 Å². The number of aliphatic carboxylic acids is 1. The van der Waals surface area contributed by atoms with Crippen molar-refractivity contribution >= 4 is 27.8 Å². The minimum absolute atomic E-state index is 0.0703. The van der Waals surface area contributed by atoms with E-state index in [9.17, 15) is 14.4 Å². The summed E-state index contributed by atoms with van der Waals surface area (Å²) in [4.78, 5) is 33.2. The van der Waals surface area contributed by atoms with E-state index in [1.807, 2.05) is 0 Å². The number of rotatable bonds is 8. The average molecular weight is 345 g/mol. The van der Waals surface area contributed by atoms with Crippen molar-refractivity contribution in [1.82, 2.24) is 9.88 Å². The van der Waals surface area contributed by atoms with Crippen LogP contribution in [0.2, 0.25) is 0 Å². The summed E-state index contributed by atoms with van der Waals surface area (Å²) >= 11 is 3.30. The minimum Gasteiger partial charge on any atom is -0.481 e. The molecular formula is C13H17BrN2O4. The van der Waals surface area contributed by atoms with Crippen LogP contribution >= 0.6 is 15.9 Å². The predicted molar refractivity (Wildman–Crippen MR) is 77.5 cm³/mol. The summed E-state index contributed by atoms with van der Waals surface area (Å²) in [5.74, 6) is -1.09. The Labute approximate surface area is 124 Å². The molecule has 2 N–H and O–H groups in total. The van der Waals surface area contributed by atoms with Crippen LogP contribution < -0.4 is 10.9 Å². The zero-order chi connectivity index (χ0) is 15.0. The summed E-state index contributed by atoms with van der Waals surface area (Å²) in [6.45, 7) is 0.708. The molecule has 0 radical (unpaired) electrons. The lowest BCUT2D eigenvalue weighted by molar-refractivity contribution is -0.136. The lowest BCUT2D eigenvalue weighted by Gasteiger charge is -2.06. The normalized spacial score (nSPS) is 10.2. The molecule has 0 aliphatic heterocycles. The largest absolute Gasteiger partial charge is 0.481 e. The molecule has 0 fully saturated rings. The van der Waals surface area contributed by atoms with Crippen molar-refractivity contribution in [3.05, 3.63) is 33.2 Å². The molecule has 0 spiro atoms. The van der Waals surface area contributed by atoms with Crippen LogP contribution in [0.4, 0.5) is 0 Å². The number of carboxylic acid groups (broad SMARTS) is 1. The molecule has 6 nitrogen and oxygen atoms in total. The number of aryl methyl sites for hydroxylation is 1. The smallest absolute Gasteiger partial charge is 0.305 e. The van der Waals surface area contributed by atoms with Gasteiger partial charge in [-0.1, -0.05) is 0 Å². The first-order valence-corrected chi connectivity index (χ1v) is 7.13. The van der Waals surface area contributed by atoms with E-state index in [1.165, 1.54) is 6.07 Å². The second kappa shape index (κ2) is 8.52. The van der Waals surface area contributed by atoms with Gasteiger partial charge in [0, 0.05) is 36.2 Å². The van der Waals surface area contributed by atoms with Crippen molar-refractivity contribution in [3.8, 4) is 0 Å². The van der Waals surface area contributed by atoms with Crippen LogP contribution in [0.1, 0.15) is 25.7 Å². The van der Waals surface area contributed by atoms with Gasteiger partial charge in [0.1, 0.15) is 0 Å². The van der Waals surface area contributed by atoms with Crippen molar-refractivity contribution < 1.29 is 14.7 Å². The Bertz CT molecular complexity index is 527. The average Bonchev–Trinajstić information content (AvgIpc) is 2.38. The number of unbranched alkanes of at least 4 members (excludes halogenated alkanes) is 1. The van der Waals surface area contributed by atoms with Crippen molar-refractivity contribution in [3.63, 3.8) is 0 Å². The first-order valence-electron chi connectivity index (χ1n) is 6.33. The molecule has 1 rings (SSSR count). The van der Waals surface area contributed by atoms with Crippen LogP contribution in [-0.2, 0) is 16.1 Å². The molecule has 0 aliphatic carbocycles. The molecule has 0 saturated carbocycles. The fourth-order valence-electron chi connectivity index (χ4n) is 1.64. The van der Waals surface area contributed by atoms with Crippen LogP contribution in [0.5, 0.6) is 0 Å². The summed E-state index contributed by atoms with van der Waals surface area (Å²) in [6.07, 6.45) is 3.34. The topological polar surface area (TPSA) is 88.4 Å². The Morgan fingerprint density at radius 2 is 2.00 bits per heavy atom. The zero-order valence-electron chi connectivity index (χ0n) is 11.0. The standard InChI is InChI=1S/C13H17BrN2O4/c14-10-4-5-12(18)16(9-10)8-2-1-3-11(17)15-7-6-13(19)20/h4-5,9H,1-3,6-8H2,(H,15,17)(H,19,20). The van der Waals surface area contributed by atoms with E-state index in [0.717, 1.165) is 4.47 Å². The first kappa shape index (κ1) is 16.4. The molecule has 0 bridgehead atoms. The van der Waals surface area contributed by atoms with E-state index in [1.54, 1.807) is 16.8 Å². The van der Waals surface area contributed by atoms with E-state index in [4.69, 9.17) is 5.11 Å². The van der Waals surface area contributed by atoms with Crippen LogP contribution in [0, 0.1) is 0 Å². The lowest BCUT2D eigenvalue weighted by Crippen LogP contribution is -2.25. The first-order chi connectivity index (χ1) is 9.49. The Kier molecular flexibility index (Phi) is 7.00. The third kappa shape index (κ3) is 6.51. The van der Waals surface area contributed by atoms with Crippen LogP contribution in [0.15, 0.2) is 27.6 Å². The number of hydrogen-bond acceptors (Lipinski definition) is 3. The van der Waals surface area contributed by atoms with Gasteiger partial charge >= 0.3 is 5.97 Å². The maximum atomic E-state index is 11.5. The van der Waals surface area contributed by atoms with E-state index in [-0.39, 0.29) is 24.4 Å². The van der Waals surface area contributed by atoms with E-state index < -0.39 is 5.97 Å². The van der Waals surface area contributed by atoms with Gasteiger partial charge in [0.05, 0.1) is 6.42 Å². The molecule has 0 aromatic carbocycles. The Morgan fingerprint density at radius 1 is 1.25 bits per heavy atom.